The third kappa shape index (κ3) is 3.18. The first-order valence-corrected chi connectivity index (χ1v) is 7.92. The molecule has 8 heteroatoms. The summed E-state index contributed by atoms with van der Waals surface area (Å²) in [6.07, 6.45) is 1.51. The number of aromatic nitrogens is 2. The van der Waals surface area contributed by atoms with Crippen LogP contribution in [0, 0.1) is 13.8 Å². The minimum absolute atomic E-state index is 0.223. The minimum Gasteiger partial charge on any atom is -0.361 e. The van der Waals surface area contributed by atoms with Gasteiger partial charge in [-0.1, -0.05) is 11.2 Å². The van der Waals surface area contributed by atoms with Crippen LogP contribution in [0.4, 0.5) is 0 Å². The second-order valence-electron chi connectivity index (χ2n) is 4.99. The zero-order valence-corrected chi connectivity index (χ0v) is 13.8. The summed E-state index contributed by atoms with van der Waals surface area (Å²) in [7, 11) is 0. The molecule has 3 aromatic heterocycles. The van der Waals surface area contributed by atoms with E-state index in [4.69, 9.17) is 4.52 Å². The number of carbonyl (C=O) groups excluding carboxylic acids is 2. The normalized spacial score (nSPS) is 10.4. The van der Waals surface area contributed by atoms with Gasteiger partial charge in [-0.25, -0.2) is 0 Å². The number of pyridine rings is 1. The fourth-order valence-corrected chi connectivity index (χ4v) is 3.21. The molecule has 2 N–H and O–H groups in total. The molecule has 122 valence electrons. The van der Waals surface area contributed by atoms with Crippen molar-refractivity contribution < 1.29 is 14.1 Å². The van der Waals surface area contributed by atoms with Gasteiger partial charge in [0.15, 0.2) is 0 Å². The quantitative estimate of drug-likeness (QED) is 0.713. The molecule has 0 unspecified atom stereocenters. The Labute approximate surface area is 141 Å². The third-order valence-corrected chi connectivity index (χ3v) is 4.40. The van der Waals surface area contributed by atoms with E-state index in [2.05, 4.69) is 21.0 Å². The van der Waals surface area contributed by atoms with Crippen LogP contribution in [0.25, 0.3) is 10.4 Å². The van der Waals surface area contributed by atoms with E-state index < -0.39 is 11.8 Å². The number of hydrogen-bond acceptors (Lipinski definition) is 6. The number of carbonyl (C=O) groups is 2. The van der Waals surface area contributed by atoms with Crippen molar-refractivity contribution in [2.75, 3.05) is 0 Å². The number of nitrogens with one attached hydrogen (secondary N) is 2. The number of hydrogen-bond donors (Lipinski definition) is 2. The second-order valence-corrected chi connectivity index (χ2v) is 6.07. The van der Waals surface area contributed by atoms with Crippen molar-refractivity contribution in [2.45, 2.75) is 13.8 Å². The molecule has 2 amide bonds. The number of nitrogens with zero attached hydrogens (tertiary/aromatic N) is 2. The highest BCUT2D eigenvalue weighted by atomic mass is 32.1. The lowest BCUT2D eigenvalue weighted by Crippen LogP contribution is -2.41. The maximum absolute atomic E-state index is 12.2. The lowest BCUT2D eigenvalue weighted by Gasteiger charge is -2.05. The van der Waals surface area contributed by atoms with Gasteiger partial charge in [-0.2, -0.15) is 0 Å². The number of rotatable bonds is 3. The molecule has 0 saturated carbocycles. The average Bonchev–Trinajstić information content (AvgIpc) is 3.20. The first-order chi connectivity index (χ1) is 11.6. The van der Waals surface area contributed by atoms with Crippen molar-refractivity contribution in [1.82, 2.24) is 21.0 Å². The number of aryl methyl sites for hydroxylation is 2. The molecule has 0 atom stereocenters. The third-order valence-electron chi connectivity index (χ3n) is 3.30. The van der Waals surface area contributed by atoms with Crippen LogP contribution in [0.1, 0.15) is 31.6 Å². The van der Waals surface area contributed by atoms with Crippen molar-refractivity contribution in [3.05, 3.63) is 58.6 Å². The van der Waals surface area contributed by atoms with Gasteiger partial charge in [0.1, 0.15) is 11.5 Å². The molecule has 3 heterocycles. The summed E-state index contributed by atoms with van der Waals surface area (Å²) in [6, 6.07) is 8.47. The summed E-state index contributed by atoms with van der Waals surface area (Å²) >= 11 is 1.30. The molecule has 0 fully saturated rings. The predicted octanol–water partition coefficient (Wildman–Crippen LogP) is 2.49. The fraction of sp³-hybridized carbons (Fsp3) is 0.125. The van der Waals surface area contributed by atoms with Crippen LogP contribution in [0.5, 0.6) is 0 Å². The average molecular weight is 342 g/mol. The van der Waals surface area contributed by atoms with Crippen molar-refractivity contribution in [1.29, 1.82) is 0 Å². The molecule has 3 rings (SSSR count). The van der Waals surface area contributed by atoms with Crippen LogP contribution in [0.3, 0.4) is 0 Å². The first-order valence-electron chi connectivity index (χ1n) is 7.11. The Bertz CT molecular complexity index is 866. The van der Waals surface area contributed by atoms with Gasteiger partial charge < -0.3 is 4.52 Å². The Balaban J connectivity index is 1.67. The molecule has 0 radical (unpaired) electrons. The molecule has 24 heavy (non-hydrogen) atoms. The Hall–Kier alpha value is -3.00. The van der Waals surface area contributed by atoms with E-state index in [0.29, 0.717) is 10.6 Å². The Morgan fingerprint density at radius 2 is 1.88 bits per heavy atom. The second kappa shape index (κ2) is 6.63. The summed E-state index contributed by atoms with van der Waals surface area (Å²) < 4.78 is 5.14. The summed E-state index contributed by atoms with van der Waals surface area (Å²) in [4.78, 5) is 29.3. The minimum atomic E-state index is -0.480. The van der Waals surface area contributed by atoms with E-state index in [-0.39, 0.29) is 5.69 Å². The van der Waals surface area contributed by atoms with Gasteiger partial charge in [0.05, 0.1) is 16.1 Å². The maximum atomic E-state index is 12.2. The number of thiophene rings is 1. The molecule has 0 aliphatic rings. The fourth-order valence-electron chi connectivity index (χ4n) is 2.17. The first kappa shape index (κ1) is 15.9. The molecule has 0 aliphatic heterocycles. The Kier molecular flexibility index (Phi) is 4.39. The molecule has 0 bridgehead atoms. The molecule has 3 aromatic rings. The van der Waals surface area contributed by atoms with Crippen molar-refractivity contribution in [3.8, 4) is 10.4 Å². The van der Waals surface area contributed by atoms with Crippen molar-refractivity contribution in [2.24, 2.45) is 0 Å². The van der Waals surface area contributed by atoms with Gasteiger partial charge in [-0.05, 0) is 38.1 Å². The number of amides is 2. The molecule has 7 nitrogen and oxygen atoms in total. The van der Waals surface area contributed by atoms with Gasteiger partial charge in [0.25, 0.3) is 11.8 Å². The summed E-state index contributed by atoms with van der Waals surface area (Å²) in [6.45, 7) is 3.67. The largest absolute Gasteiger partial charge is 0.361 e. The van der Waals surface area contributed by atoms with Crippen LogP contribution in [-0.2, 0) is 0 Å². The predicted molar refractivity (Wildman–Crippen MR) is 88.5 cm³/mol. The van der Waals surface area contributed by atoms with Gasteiger partial charge >= 0.3 is 0 Å². The lowest BCUT2D eigenvalue weighted by atomic mass is 10.2. The SMILES string of the molecule is Cc1noc(C)c1-c1ccc(C(=O)NNC(=O)c2ccccn2)s1. The van der Waals surface area contributed by atoms with Crippen LogP contribution in [0.2, 0.25) is 0 Å². The molecule has 0 spiro atoms. The van der Waals surface area contributed by atoms with Gasteiger partial charge in [0.2, 0.25) is 0 Å². The van der Waals surface area contributed by atoms with E-state index >= 15 is 0 Å². The van der Waals surface area contributed by atoms with E-state index in [9.17, 15) is 9.59 Å². The highest BCUT2D eigenvalue weighted by Crippen LogP contribution is 2.32. The highest BCUT2D eigenvalue weighted by molar-refractivity contribution is 7.17. The van der Waals surface area contributed by atoms with Gasteiger partial charge in [-0.15, -0.1) is 11.3 Å². The zero-order valence-electron chi connectivity index (χ0n) is 13.0. The smallest absolute Gasteiger partial charge is 0.288 e. The number of hydrazine groups is 1. The van der Waals surface area contributed by atoms with Gasteiger partial charge in [0, 0.05) is 11.1 Å². The van der Waals surface area contributed by atoms with E-state index in [1.807, 2.05) is 19.9 Å². The summed E-state index contributed by atoms with van der Waals surface area (Å²) in [5.74, 6) is -0.182. The topological polar surface area (TPSA) is 97.1 Å². The molecule has 0 aromatic carbocycles. The van der Waals surface area contributed by atoms with Crippen LogP contribution in [-0.4, -0.2) is 22.0 Å². The monoisotopic (exact) mass is 342 g/mol. The molecule has 0 aliphatic carbocycles. The maximum Gasteiger partial charge on any atom is 0.288 e. The standard InChI is InChI=1S/C16H14N4O3S/c1-9-14(10(2)23-20-9)12-6-7-13(24-12)16(22)19-18-15(21)11-5-3-4-8-17-11/h3-8H,1-2H3,(H,18,21)(H,19,22). The summed E-state index contributed by atoms with van der Waals surface area (Å²) in [5, 5.41) is 3.91. The molecular weight excluding hydrogens is 328 g/mol. The lowest BCUT2D eigenvalue weighted by molar-refractivity contribution is 0.0846. The summed E-state index contributed by atoms with van der Waals surface area (Å²) in [5.41, 5.74) is 6.59. The van der Waals surface area contributed by atoms with Crippen molar-refractivity contribution in [3.63, 3.8) is 0 Å². The van der Waals surface area contributed by atoms with Crippen LogP contribution >= 0.6 is 11.3 Å². The van der Waals surface area contributed by atoms with Crippen molar-refractivity contribution >= 4 is 23.2 Å². The van der Waals surface area contributed by atoms with E-state index in [1.165, 1.54) is 17.5 Å². The Morgan fingerprint density at radius 3 is 2.54 bits per heavy atom. The van der Waals surface area contributed by atoms with Crippen LogP contribution in [0.15, 0.2) is 41.1 Å². The van der Waals surface area contributed by atoms with Gasteiger partial charge in [-0.3, -0.25) is 25.4 Å². The van der Waals surface area contributed by atoms with E-state index in [0.717, 1.165) is 16.1 Å². The van der Waals surface area contributed by atoms with E-state index in [1.54, 1.807) is 24.3 Å². The molecule has 0 saturated heterocycles. The zero-order chi connectivity index (χ0) is 17.1. The van der Waals surface area contributed by atoms with Crippen LogP contribution < -0.4 is 10.9 Å². The molecular formula is C16H14N4O3S. The Morgan fingerprint density at radius 1 is 1.08 bits per heavy atom. The highest BCUT2D eigenvalue weighted by Gasteiger charge is 2.17.